The first-order chi connectivity index (χ1) is 12.8. The van der Waals surface area contributed by atoms with Crippen LogP contribution in [-0.4, -0.2) is 39.6 Å². The number of carbonyl (C=O) groups is 2. The number of rotatable bonds is 8. The van der Waals surface area contributed by atoms with Gasteiger partial charge >= 0.3 is 0 Å². The average Bonchev–Trinajstić information content (AvgIpc) is 2.60. The molecule has 0 atom stereocenters. The van der Waals surface area contributed by atoms with Crippen molar-refractivity contribution in [3.63, 3.8) is 0 Å². The highest BCUT2D eigenvalue weighted by Gasteiger charge is 2.10. The van der Waals surface area contributed by atoms with Gasteiger partial charge in [0.15, 0.2) is 16.4 Å². The van der Waals surface area contributed by atoms with Gasteiger partial charge in [0, 0.05) is 24.1 Å². The van der Waals surface area contributed by atoms with E-state index in [2.05, 4.69) is 10.6 Å². The van der Waals surface area contributed by atoms with Crippen molar-refractivity contribution in [1.29, 1.82) is 0 Å². The molecular weight excluding hydrogens is 368 g/mol. The second-order valence-corrected chi connectivity index (χ2v) is 8.13. The van der Waals surface area contributed by atoms with Gasteiger partial charge in [0.25, 0.3) is 11.8 Å². The summed E-state index contributed by atoms with van der Waals surface area (Å²) in [5.74, 6) is -0.161. The minimum Gasteiger partial charge on any atom is -0.484 e. The third kappa shape index (κ3) is 7.10. The number of carbonyl (C=O) groups excluding carboxylic acids is 2. The molecule has 0 bridgehead atoms. The van der Waals surface area contributed by atoms with E-state index >= 15 is 0 Å². The lowest BCUT2D eigenvalue weighted by atomic mass is 10.1. The average molecular weight is 390 g/mol. The van der Waals surface area contributed by atoms with E-state index in [1.165, 1.54) is 0 Å². The second-order valence-electron chi connectivity index (χ2n) is 5.99. The van der Waals surface area contributed by atoms with Crippen LogP contribution in [0, 0.1) is 0 Å². The lowest BCUT2D eigenvalue weighted by Gasteiger charge is -2.09. The maximum atomic E-state index is 12.4. The molecule has 0 spiro atoms. The molecule has 0 saturated carbocycles. The second kappa shape index (κ2) is 9.18. The van der Waals surface area contributed by atoms with Crippen molar-refractivity contribution < 1.29 is 22.7 Å². The third-order valence-electron chi connectivity index (χ3n) is 3.47. The Labute approximate surface area is 158 Å². The molecule has 8 heteroatoms. The van der Waals surface area contributed by atoms with E-state index in [-0.39, 0.29) is 24.2 Å². The summed E-state index contributed by atoms with van der Waals surface area (Å²) in [5.41, 5.74) is 1.48. The van der Waals surface area contributed by atoms with Crippen molar-refractivity contribution in [3.05, 3.63) is 59.7 Å². The summed E-state index contributed by atoms with van der Waals surface area (Å²) >= 11 is 0. The van der Waals surface area contributed by atoms with Crippen molar-refractivity contribution in [1.82, 2.24) is 5.32 Å². The topological polar surface area (TPSA) is 102 Å². The van der Waals surface area contributed by atoms with Crippen LogP contribution in [0.1, 0.15) is 22.8 Å². The Kier molecular flexibility index (Phi) is 6.95. The molecule has 2 aromatic carbocycles. The van der Waals surface area contributed by atoms with Crippen LogP contribution in [0.3, 0.4) is 0 Å². The SMILES string of the molecule is CCNC(=O)COc1ccc(NC(=O)c2cccc(CS(C)(=O)=O)c2)cc1. The van der Waals surface area contributed by atoms with E-state index in [4.69, 9.17) is 4.74 Å². The Balaban J connectivity index is 1.97. The molecule has 0 saturated heterocycles. The molecule has 0 aliphatic carbocycles. The van der Waals surface area contributed by atoms with Crippen LogP contribution in [0.5, 0.6) is 5.75 Å². The van der Waals surface area contributed by atoms with E-state index < -0.39 is 9.84 Å². The fraction of sp³-hybridized carbons (Fsp3) is 0.263. The molecule has 0 aliphatic heterocycles. The molecule has 0 aliphatic rings. The van der Waals surface area contributed by atoms with Gasteiger partial charge in [-0.3, -0.25) is 9.59 Å². The van der Waals surface area contributed by atoms with Gasteiger partial charge in [0.2, 0.25) is 0 Å². The number of anilines is 1. The normalized spacial score (nSPS) is 10.9. The molecule has 0 unspecified atom stereocenters. The largest absolute Gasteiger partial charge is 0.484 e. The Bertz CT molecular complexity index is 908. The van der Waals surface area contributed by atoms with Crippen molar-refractivity contribution in [2.75, 3.05) is 24.7 Å². The summed E-state index contributed by atoms with van der Waals surface area (Å²) in [5, 5.41) is 5.37. The molecule has 2 aromatic rings. The summed E-state index contributed by atoms with van der Waals surface area (Å²) in [6.07, 6.45) is 1.15. The smallest absolute Gasteiger partial charge is 0.257 e. The molecule has 144 valence electrons. The highest BCUT2D eigenvalue weighted by molar-refractivity contribution is 7.89. The minimum atomic E-state index is -3.17. The predicted molar refractivity (Wildman–Crippen MR) is 104 cm³/mol. The Morgan fingerprint density at radius 3 is 2.41 bits per heavy atom. The molecule has 2 amide bonds. The highest BCUT2D eigenvalue weighted by atomic mass is 32.2. The van der Waals surface area contributed by atoms with Gasteiger partial charge in [-0.05, 0) is 48.9 Å². The number of hydrogen-bond acceptors (Lipinski definition) is 5. The van der Waals surface area contributed by atoms with Crippen LogP contribution in [0.15, 0.2) is 48.5 Å². The van der Waals surface area contributed by atoms with E-state index in [0.29, 0.717) is 29.1 Å². The molecular formula is C19H22N2O5S. The fourth-order valence-corrected chi connectivity index (χ4v) is 3.12. The zero-order valence-electron chi connectivity index (χ0n) is 15.2. The number of ether oxygens (including phenoxy) is 1. The van der Waals surface area contributed by atoms with Crippen molar-refractivity contribution >= 4 is 27.3 Å². The zero-order valence-corrected chi connectivity index (χ0v) is 16.0. The summed E-state index contributed by atoms with van der Waals surface area (Å²) in [6.45, 7) is 2.29. The quantitative estimate of drug-likeness (QED) is 0.718. The van der Waals surface area contributed by atoms with E-state index in [0.717, 1.165) is 6.26 Å². The maximum Gasteiger partial charge on any atom is 0.257 e. The lowest BCUT2D eigenvalue weighted by Crippen LogP contribution is -2.28. The van der Waals surface area contributed by atoms with Crippen LogP contribution in [0.2, 0.25) is 0 Å². The van der Waals surface area contributed by atoms with Crippen LogP contribution in [0.4, 0.5) is 5.69 Å². The molecule has 0 aromatic heterocycles. The summed E-state index contributed by atoms with van der Waals surface area (Å²) in [6, 6.07) is 13.1. The minimum absolute atomic E-state index is 0.0767. The van der Waals surface area contributed by atoms with Crippen LogP contribution < -0.4 is 15.4 Å². The predicted octanol–water partition coefficient (Wildman–Crippen LogP) is 2.00. The first kappa shape index (κ1) is 20.4. The summed E-state index contributed by atoms with van der Waals surface area (Å²) in [7, 11) is -3.17. The standard InChI is InChI=1S/C19H22N2O5S/c1-3-20-18(22)12-26-17-9-7-16(8-10-17)21-19(23)15-6-4-5-14(11-15)13-27(2,24)25/h4-11H,3,12-13H2,1-2H3,(H,20,22)(H,21,23). The maximum absolute atomic E-state index is 12.4. The number of amides is 2. The highest BCUT2D eigenvalue weighted by Crippen LogP contribution is 2.17. The van der Waals surface area contributed by atoms with Crippen LogP contribution in [0.25, 0.3) is 0 Å². The van der Waals surface area contributed by atoms with Crippen molar-refractivity contribution in [2.45, 2.75) is 12.7 Å². The monoisotopic (exact) mass is 390 g/mol. The number of sulfone groups is 1. The van der Waals surface area contributed by atoms with Gasteiger partial charge in [-0.25, -0.2) is 8.42 Å². The Morgan fingerprint density at radius 1 is 1.07 bits per heavy atom. The summed E-state index contributed by atoms with van der Waals surface area (Å²) in [4.78, 5) is 23.7. The number of hydrogen-bond donors (Lipinski definition) is 2. The number of nitrogens with one attached hydrogen (secondary N) is 2. The van der Waals surface area contributed by atoms with Gasteiger partial charge in [-0.2, -0.15) is 0 Å². The molecule has 2 rings (SSSR count). The van der Waals surface area contributed by atoms with E-state index in [1.54, 1.807) is 48.5 Å². The van der Waals surface area contributed by atoms with Crippen LogP contribution in [-0.2, 0) is 20.4 Å². The zero-order chi connectivity index (χ0) is 19.9. The summed E-state index contributed by atoms with van der Waals surface area (Å²) < 4.78 is 28.1. The Hall–Kier alpha value is -2.87. The molecule has 7 nitrogen and oxygen atoms in total. The first-order valence-electron chi connectivity index (χ1n) is 8.34. The third-order valence-corrected chi connectivity index (χ3v) is 4.33. The van der Waals surface area contributed by atoms with Crippen LogP contribution >= 0.6 is 0 Å². The van der Waals surface area contributed by atoms with Gasteiger partial charge in [-0.1, -0.05) is 12.1 Å². The fourth-order valence-electron chi connectivity index (χ4n) is 2.34. The Morgan fingerprint density at radius 2 is 1.78 bits per heavy atom. The van der Waals surface area contributed by atoms with Gasteiger partial charge in [0.1, 0.15) is 5.75 Å². The molecule has 0 heterocycles. The van der Waals surface area contributed by atoms with Gasteiger partial charge in [0.05, 0.1) is 5.75 Å². The van der Waals surface area contributed by atoms with Crippen molar-refractivity contribution in [3.8, 4) is 5.75 Å². The molecule has 2 N–H and O–H groups in total. The van der Waals surface area contributed by atoms with E-state index in [9.17, 15) is 18.0 Å². The molecule has 0 radical (unpaired) electrons. The van der Waals surface area contributed by atoms with Crippen molar-refractivity contribution in [2.24, 2.45) is 0 Å². The molecule has 0 fully saturated rings. The first-order valence-corrected chi connectivity index (χ1v) is 10.4. The van der Waals surface area contributed by atoms with Gasteiger partial charge < -0.3 is 15.4 Å². The van der Waals surface area contributed by atoms with E-state index in [1.807, 2.05) is 6.92 Å². The number of benzene rings is 2. The number of likely N-dealkylation sites (N-methyl/N-ethyl adjacent to an activating group) is 1. The molecule has 27 heavy (non-hydrogen) atoms. The lowest BCUT2D eigenvalue weighted by molar-refractivity contribution is -0.122. The van der Waals surface area contributed by atoms with Gasteiger partial charge in [-0.15, -0.1) is 0 Å².